The van der Waals surface area contributed by atoms with Crippen LogP contribution in [-0.2, 0) is 9.59 Å². The van der Waals surface area contributed by atoms with Gasteiger partial charge in [0.15, 0.2) is 0 Å². The van der Waals surface area contributed by atoms with Crippen LogP contribution >= 0.6 is 32.4 Å². The van der Waals surface area contributed by atoms with Gasteiger partial charge in [-0.05, 0) is 54.4 Å². The lowest BCUT2D eigenvalue weighted by Crippen LogP contribution is -2.17. The summed E-state index contributed by atoms with van der Waals surface area (Å²) in [5.74, 6) is -0.628. The Hall–Kier alpha value is -2.87. The average Bonchev–Trinajstić information content (AvgIpc) is 3.39. The van der Waals surface area contributed by atoms with Crippen LogP contribution in [0.4, 0.5) is 8.78 Å². The van der Waals surface area contributed by atoms with Crippen LogP contribution in [0.25, 0.3) is 5.69 Å². The van der Waals surface area contributed by atoms with E-state index in [4.69, 9.17) is 37.5 Å². The van der Waals surface area contributed by atoms with Crippen LogP contribution in [0.15, 0.2) is 48.9 Å². The molecule has 2 unspecified atom stereocenters. The van der Waals surface area contributed by atoms with E-state index in [1.54, 1.807) is 36.1 Å². The molecule has 1 amide bonds. The number of rotatable bonds is 4. The molecule has 192 valence electrons. The molecule has 12 heteroatoms. The van der Waals surface area contributed by atoms with E-state index < -0.39 is 5.91 Å². The number of imidazole rings is 1. The Balaban J connectivity index is 0. The highest BCUT2D eigenvalue weighted by atomic mass is 35.5. The summed E-state index contributed by atoms with van der Waals surface area (Å²) in [5, 5.41) is 3.69. The normalized spacial score (nSPS) is 9.74. The van der Waals surface area contributed by atoms with Gasteiger partial charge in [0.2, 0.25) is 0 Å². The van der Waals surface area contributed by atoms with Gasteiger partial charge in [0.25, 0.3) is 5.91 Å². The SMILES string of the molecule is C=O.C=O.CF.CNC(=O)c1cn(-c2cc(Cl)cc(C(F)P)c2)cn1.COc1ccc(Cl)c(C)c1. The van der Waals surface area contributed by atoms with Gasteiger partial charge in [-0.1, -0.05) is 32.4 Å². The third-order valence-electron chi connectivity index (χ3n) is 3.93. The maximum Gasteiger partial charge on any atom is 0.271 e. The van der Waals surface area contributed by atoms with Crippen molar-refractivity contribution < 1.29 is 27.9 Å². The number of carbonyl (C=O) groups is 3. The Morgan fingerprint density at radius 2 is 1.74 bits per heavy atom. The molecule has 0 saturated carbocycles. The number of ether oxygens (including phenoxy) is 1. The van der Waals surface area contributed by atoms with Crippen LogP contribution in [-0.4, -0.2) is 50.4 Å². The van der Waals surface area contributed by atoms with Crippen molar-refractivity contribution in [3.63, 3.8) is 0 Å². The Bertz CT molecular complexity index is 1040. The van der Waals surface area contributed by atoms with E-state index in [1.165, 1.54) is 13.4 Å². The third kappa shape index (κ3) is 11.9. The Morgan fingerprint density at radius 1 is 1.14 bits per heavy atom. The summed E-state index contributed by atoms with van der Waals surface area (Å²) >= 11 is 11.7. The minimum absolute atomic E-state index is 0.282. The fourth-order valence-electron chi connectivity index (χ4n) is 2.36. The number of amides is 1. The molecular weight excluding hydrogens is 522 g/mol. The molecule has 2 aromatic carbocycles. The maximum absolute atomic E-state index is 13.3. The summed E-state index contributed by atoms with van der Waals surface area (Å²) in [7, 11) is 5.74. The van der Waals surface area contributed by atoms with E-state index in [2.05, 4.69) is 19.5 Å². The second-order valence-corrected chi connectivity index (χ2v) is 7.43. The lowest BCUT2D eigenvalue weighted by molar-refractivity contribution is -0.0987. The molecule has 3 rings (SSSR count). The number of nitrogens with zero attached hydrogens (tertiary/aromatic N) is 2. The lowest BCUT2D eigenvalue weighted by atomic mass is 10.2. The first kappa shape index (κ1) is 34.3. The first-order valence-corrected chi connectivity index (χ1v) is 10.9. The van der Waals surface area contributed by atoms with Crippen LogP contribution in [0, 0.1) is 6.92 Å². The molecule has 3 aromatic rings. The van der Waals surface area contributed by atoms with Gasteiger partial charge in [0.1, 0.15) is 37.3 Å². The minimum atomic E-state index is -1.20. The Morgan fingerprint density at radius 3 is 2.23 bits per heavy atom. The predicted octanol–water partition coefficient (Wildman–Crippen LogP) is 5.60. The number of hydrogen-bond donors (Lipinski definition) is 1. The van der Waals surface area contributed by atoms with Crippen molar-refractivity contribution in [2.75, 3.05) is 21.3 Å². The molecule has 1 heterocycles. The van der Waals surface area contributed by atoms with E-state index in [9.17, 15) is 13.6 Å². The van der Waals surface area contributed by atoms with Crippen molar-refractivity contribution in [3.05, 3.63) is 75.8 Å². The molecular formula is C23H28Cl2F2N3O4P. The molecule has 7 nitrogen and oxygen atoms in total. The molecule has 0 aliphatic carbocycles. The monoisotopic (exact) mass is 549 g/mol. The van der Waals surface area contributed by atoms with E-state index >= 15 is 0 Å². The number of carbonyl (C=O) groups excluding carboxylic acids is 3. The molecule has 0 saturated heterocycles. The molecule has 0 bridgehead atoms. The third-order valence-corrected chi connectivity index (χ3v) is 4.96. The molecule has 0 aliphatic rings. The van der Waals surface area contributed by atoms with Crippen LogP contribution < -0.4 is 10.1 Å². The van der Waals surface area contributed by atoms with Crippen molar-refractivity contribution in [2.45, 2.75) is 12.8 Å². The summed E-state index contributed by atoms with van der Waals surface area (Å²) in [6, 6.07) is 10.5. The van der Waals surface area contributed by atoms with Crippen LogP contribution in [0.2, 0.25) is 10.0 Å². The number of alkyl halides is 2. The summed E-state index contributed by atoms with van der Waals surface area (Å²) < 4.78 is 29.4. The van der Waals surface area contributed by atoms with Gasteiger partial charge in [0, 0.05) is 29.0 Å². The topological polar surface area (TPSA) is 90.3 Å². The second kappa shape index (κ2) is 19.4. The molecule has 0 aliphatic heterocycles. The highest BCUT2D eigenvalue weighted by Gasteiger charge is 2.11. The number of nitrogens with one attached hydrogen (secondary N) is 1. The van der Waals surface area contributed by atoms with Crippen molar-refractivity contribution in [2.24, 2.45) is 0 Å². The van der Waals surface area contributed by atoms with E-state index in [-0.39, 0.29) is 11.6 Å². The van der Waals surface area contributed by atoms with Gasteiger partial charge in [-0.15, -0.1) is 0 Å². The molecule has 0 spiro atoms. The van der Waals surface area contributed by atoms with Gasteiger partial charge in [0.05, 0.1) is 14.3 Å². The molecule has 35 heavy (non-hydrogen) atoms. The number of aromatic nitrogens is 2. The average molecular weight is 550 g/mol. The minimum Gasteiger partial charge on any atom is -0.497 e. The predicted molar refractivity (Wildman–Crippen MR) is 140 cm³/mol. The van der Waals surface area contributed by atoms with Crippen LogP contribution in [0.1, 0.15) is 27.5 Å². The fourth-order valence-corrected chi connectivity index (χ4v) is 2.91. The Kier molecular flexibility index (Phi) is 19.0. The molecule has 2 atom stereocenters. The zero-order valence-corrected chi connectivity index (χ0v) is 22.4. The highest BCUT2D eigenvalue weighted by molar-refractivity contribution is 7.16. The number of hydrogen-bond acceptors (Lipinski definition) is 5. The number of aryl methyl sites for hydroxylation is 1. The van der Waals surface area contributed by atoms with Crippen molar-refractivity contribution in [1.29, 1.82) is 0 Å². The zero-order chi connectivity index (χ0) is 27.6. The van der Waals surface area contributed by atoms with Gasteiger partial charge in [-0.3, -0.25) is 9.18 Å². The Labute approximate surface area is 216 Å². The molecule has 1 aromatic heterocycles. The lowest BCUT2D eigenvalue weighted by Gasteiger charge is -2.08. The van der Waals surface area contributed by atoms with Gasteiger partial charge >= 0.3 is 0 Å². The van der Waals surface area contributed by atoms with Gasteiger partial charge in [-0.25, -0.2) is 9.37 Å². The van der Waals surface area contributed by atoms with Crippen LogP contribution in [0.5, 0.6) is 5.75 Å². The number of benzene rings is 2. The van der Waals surface area contributed by atoms with Crippen molar-refractivity contribution in [1.82, 2.24) is 14.9 Å². The number of halogens is 4. The summed E-state index contributed by atoms with van der Waals surface area (Å²) in [6.45, 7) is 5.95. The molecule has 0 radical (unpaired) electrons. The largest absolute Gasteiger partial charge is 0.497 e. The van der Waals surface area contributed by atoms with E-state index in [1.807, 2.05) is 38.7 Å². The summed E-state index contributed by atoms with van der Waals surface area (Å²) in [6.07, 6.45) is 3.04. The highest BCUT2D eigenvalue weighted by Crippen LogP contribution is 2.29. The quantitative estimate of drug-likeness (QED) is 0.427. The zero-order valence-electron chi connectivity index (χ0n) is 19.7. The standard InChI is InChI=1S/C12H12ClFN3OP.C8H9ClO.CH3F.2CH2O/c1-15-12(18)10-5-17(6-16-10)9-3-7(11(14)19)2-8(13)4-9;1-6-5-7(10-2)3-4-8(6)9;3*1-2/h2-6,11H,19H2,1H3,(H,15,18);3-5H,1-2H3;1H3;2*1H2. The summed E-state index contributed by atoms with van der Waals surface area (Å²) in [4.78, 5) is 31.4. The smallest absolute Gasteiger partial charge is 0.271 e. The molecule has 0 fully saturated rings. The maximum atomic E-state index is 13.3. The van der Waals surface area contributed by atoms with E-state index in [0.29, 0.717) is 23.5 Å². The van der Waals surface area contributed by atoms with Gasteiger partial charge in [-0.2, -0.15) is 0 Å². The summed E-state index contributed by atoms with van der Waals surface area (Å²) in [5.41, 5.74) is 2.42. The van der Waals surface area contributed by atoms with Crippen molar-refractivity contribution >= 4 is 51.9 Å². The second-order valence-electron chi connectivity index (χ2n) is 6.00. The number of methoxy groups -OCH3 is 1. The van der Waals surface area contributed by atoms with E-state index in [0.717, 1.165) is 16.3 Å². The van der Waals surface area contributed by atoms with Crippen molar-refractivity contribution in [3.8, 4) is 11.4 Å². The first-order valence-electron chi connectivity index (χ1n) is 9.47. The van der Waals surface area contributed by atoms with Gasteiger partial charge < -0.3 is 24.2 Å². The fraction of sp³-hybridized carbons (Fsp3) is 0.217. The van der Waals surface area contributed by atoms with Crippen LogP contribution in [0.3, 0.4) is 0 Å². The first-order chi connectivity index (χ1) is 16.7. The molecule has 1 N–H and O–H groups in total.